The molecule has 1 heterocycles. The molecule has 3 amide bonds. The number of urea groups is 1. The number of hydrogen-bond acceptors (Lipinski definition) is 5. The molecule has 2 rings (SSSR count). The Kier molecular flexibility index (Phi) is 6.28. The first-order chi connectivity index (χ1) is 12.2. The molecule has 140 valence electrons. The zero-order chi connectivity index (χ0) is 19.3. The van der Waals surface area contributed by atoms with Crippen molar-refractivity contribution in [3.8, 4) is 0 Å². The molecule has 1 fully saturated rings. The number of nitrogens with zero attached hydrogens (tertiary/aromatic N) is 1. The van der Waals surface area contributed by atoms with Gasteiger partial charge in [0.2, 0.25) is 0 Å². The monoisotopic (exact) mass is 360 g/mol. The second-order valence-electron chi connectivity index (χ2n) is 6.60. The van der Waals surface area contributed by atoms with Crippen LogP contribution in [0.25, 0.3) is 0 Å². The van der Waals surface area contributed by atoms with Gasteiger partial charge in [0.1, 0.15) is 6.10 Å². The Morgan fingerprint density at radius 2 is 1.88 bits per heavy atom. The molecule has 1 saturated heterocycles. The van der Waals surface area contributed by atoms with E-state index in [1.807, 2.05) is 0 Å². The van der Waals surface area contributed by atoms with Crippen molar-refractivity contribution in [2.24, 2.45) is 0 Å². The summed E-state index contributed by atoms with van der Waals surface area (Å²) in [5.74, 6) is -1.41. The van der Waals surface area contributed by atoms with Crippen molar-refractivity contribution in [3.05, 3.63) is 47.7 Å². The molecule has 1 atom stereocenters. The molecule has 1 aromatic carbocycles. The van der Waals surface area contributed by atoms with E-state index in [-0.39, 0.29) is 18.4 Å². The first-order valence-corrected chi connectivity index (χ1v) is 8.36. The van der Waals surface area contributed by atoms with Gasteiger partial charge in [-0.3, -0.25) is 19.8 Å². The molecule has 0 spiro atoms. The molecule has 1 aromatic rings. The molecule has 1 aliphatic heterocycles. The third kappa shape index (κ3) is 5.50. The number of allylic oxidation sites excluding steroid dienone is 1. The zero-order valence-electron chi connectivity index (χ0n) is 15.4. The highest BCUT2D eigenvalue weighted by molar-refractivity contribution is 6.04. The Morgan fingerprint density at radius 3 is 2.42 bits per heavy atom. The number of hydrogen-bond donors (Lipinski definition) is 1. The molecule has 7 nitrogen and oxygen atoms in total. The van der Waals surface area contributed by atoms with E-state index in [0.29, 0.717) is 17.7 Å². The first kappa shape index (κ1) is 19.8. The highest BCUT2D eigenvalue weighted by Gasteiger charge is 2.34. The van der Waals surface area contributed by atoms with Crippen molar-refractivity contribution in [1.82, 2.24) is 10.2 Å². The molecule has 0 saturated carbocycles. The van der Waals surface area contributed by atoms with Gasteiger partial charge in [-0.2, -0.15) is 0 Å². The van der Waals surface area contributed by atoms with E-state index >= 15 is 0 Å². The summed E-state index contributed by atoms with van der Waals surface area (Å²) in [5.41, 5.74) is 0.764. The van der Waals surface area contributed by atoms with E-state index in [2.05, 4.69) is 5.32 Å². The second-order valence-corrected chi connectivity index (χ2v) is 6.60. The predicted molar refractivity (Wildman–Crippen MR) is 95.4 cm³/mol. The van der Waals surface area contributed by atoms with Crippen LogP contribution in [-0.4, -0.2) is 47.7 Å². The average molecular weight is 360 g/mol. The lowest BCUT2D eigenvalue weighted by Gasteiger charge is -2.23. The van der Waals surface area contributed by atoms with Gasteiger partial charge >= 0.3 is 6.03 Å². The Labute approximate surface area is 153 Å². The maximum absolute atomic E-state index is 12.6. The molecule has 26 heavy (non-hydrogen) atoms. The molecule has 0 aromatic heterocycles. The summed E-state index contributed by atoms with van der Waals surface area (Å²) in [4.78, 5) is 37.6. The summed E-state index contributed by atoms with van der Waals surface area (Å²) in [6.07, 6.45) is 1.06. The fraction of sp³-hybridized carbons (Fsp3) is 0.421. The SMILES string of the molecule is CC(=O)/C(C)=C\N(CC1COC(C)(C)O1)C(=O)NC(=O)c1ccccc1. The molecule has 1 unspecified atom stereocenters. The van der Waals surface area contributed by atoms with Crippen molar-refractivity contribution in [2.75, 3.05) is 13.2 Å². The van der Waals surface area contributed by atoms with E-state index in [1.165, 1.54) is 18.0 Å². The van der Waals surface area contributed by atoms with Crippen LogP contribution in [0.4, 0.5) is 4.79 Å². The summed E-state index contributed by atoms with van der Waals surface area (Å²) in [6, 6.07) is 7.79. The van der Waals surface area contributed by atoms with Crippen LogP contribution < -0.4 is 5.32 Å². The minimum absolute atomic E-state index is 0.155. The van der Waals surface area contributed by atoms with Gasteiger partial charge in [0.25, 0.3) is 5.91 Å². The van der Waals surface area contributed by atoms with Crippen molar-refractivity contribution in [1.29, 1.82) is 0 Å². The molecule has 1 N–H and O–H groups in total. The van der Waals surface area contributed by atoms with Crippen molar-refractivity contribution in [2.45, 2.75) is 39.6 Å². The highest BCUT2D eigenvalue weighted by Crippen LogP contribution is 2.23. The minimum Gasteiger partial charge on any atom is -0.348 e. The van der Waals surface area contributed by atoms with Gasteiger partial charge in [-0.25, -0.2) is 4.79 Å². The number of Topliss-reactive ketones (excluding diaryl/α,β-unsaturated/α-hetero) is 1. The molecule has 0 aliphatic carbocycles. The average Bonchev–Trinajstić information content (AvgIpc) is 2.93. The van der Waals surface area contributed by atoms with Crippen LogP contribution in [0.2, 0.25) is 0 Å². The van der Waals surface area contributed by atoms with Gasteiger partial charge in [0.15, 0.2) is 11.6 Å². The number of ketones is 1. The van der Waals surface area contributed by atoms with Gasteiger partial charge in [0.05, 0.1) is 13.2 Å². The normalized spacial score (nSPS) is 19.1. The van der Waals surface area contributed by atoms with Gasteiger partial charge in [-0.05, 0) is 39.8 Å². The lowest BCUT2D eigenvalue weighted by Crippen LogP contribution is -2.44. The van der Waals surface area contributed by atoms with Gasteiger partial charge in [-0.1, -0.05) is 18.2 Å². The largest absolute Gasteiger partial charge is 0.348 e. The van der Waals surface area contributed by atoms with Crippen LogP contribution in [0.15, 0.2) is 42.1 Å². The maximum Gasteiger partial charge on any atom is 0.328 e. The van der Waals surface area contributed by atoms with Crippen LogP contribution in [0.1, 0.15) is 38.1 Å². The van der Waals surface area contributed by atoms with Crippen LogP contribution in [0, 0.1) is 0 Å². The predicted octanol–water partition coefficient (Wildman–Crippen LogP) is 2.48. The van der Waals surface area contributed by atoms with E-state index in [1.54, 1.807) is 51.1 Å². The van der Waals surface area contributed by atoms with Crippen LogP contribution in [0.3, 0.4) is 0 Å². The Morgan fingerprint density at radius 1 is 1.23 bits per heavy atom. The van der Waals surface area contributed by atoms with E-state index in [0.717, 1.165) is 0 Å². The van der Waals surface area contributed by atoms with E-state index in [4.69, 9.17) is 9.47 Å². The summed E-state index contributed by atoms with van der Waals surface area (Å²) in [7, 11) is 0. The number of imide groups is 1. The maximum atomic E-state index is 12.6. The molecule has 1 aliphatic rings. The fourth-order valence-electron chi connectivity index (χ4n) is 2.42. The van der Waals surface area contributed by atoms with Gasteiger partial charge in [0, 0.05) is 17.3 Å². The number of carbonyl (C=O) groups excluding carboxylic acids is 3. The Hall–Kier alpha value is -2.51. The van der Waals surface area contributed by atoms with Crippen molar-refractivity contribution >= 4 is 17.7 Å². The number of rotatable bonds is 5. The number of ether oxygens (including phenoxy) is 2. The summed E-state index contributed by atoms with van der Waals surface area (Å²) in [5, 5.41) is 2.33. The van der Waals surface area contributed by atoms with E-state index < -0.39 is 17.7 Å². The highest BCUT2D eigenvalue weighted by atomic mass is 16.7. The van der Waals surface area contributed by atoms with Crippen molar-refractivity contribution < 1.29 is 23.9 Å². The van der Waals surface area contributed by atoms with Crippen molar-refractivity contribution in [3.63, 3.8) is 0 Å². The number of carbonyl (C=O) groups is 3. The quantitative estimate of drug-likeness (QED) is 0.816. The smallest absolute Gasteiger partial charge is 0.328 e. The second kappa shape index (κ2) is 8.25. The minimum atomic E-state index is -0.730. The first-order valence-electron chi connectivity index (χ1n) is 8.36. The number of amides is 3. The van der Waals surface area contributed by atoms with E-state index in [9.17, 15) is 14.4 Å². The lowest BCUT2D eigenvalue weighted by molar-refractivity contribution is -0.139. The molecule has 7 heteroatoms. The van der Waals surface area contributed by atoms with Gasteiger partial charge in [-0.15, -0.1) is 0 Å². The third-order valence-electron chi connectivity index (χ3n) is 3.89. The fourth-order valence-corrected chi connectivity index (χ4v) is 2.42. The summed E-state index contributed by atoms with van der Waals surface area (Å²) < 4.78 is 11.2. The Balaban J connectivity index is 2.12. The molecular formula is C19H24N2O5. The zero-order valence-corrected chi connectivity index (χ0v) is 15.4. The van der Waals surface area contributed by atoms with Crippen LogP contribution in [-0.2, 0) is 14.3 Å². The lowest BCUT2D eigenvalue weighted by atomic mass is 10.2. The van der Waals surface area contributed by atoms with Crippen LogP contribution in [0.5, 0.6) is 0 Å². The third-order valence-corrected chi connectivity index (χ3v) is 3.89. The molecule has 0 radical (unpaired) electrons. The van der Waals surface area contributed by atoms with Crippen LogP contribution >= 0.6 is 0 Å². The summed E-state index contributed by atoms with van der Waals surface area (Å²) in [6.45, 7) is 7.06. The number of nitrogens with one attached hydrogen (secondary N) is 1. The number of benzene rings is 1. The standard InChI is InChI=1S/C19H24N2O5/c1-13(14(2)22)10-21(11-16-12-25-19(3,4)26-16)18(24)20-17(23)15-8-6-5-7-9-15/h5-10,16H,11-12H2,1-4H3,(H,20,23,24)/b13-10-. The summed E-state index contributed by atoms with van der Waals surface area (Å²) >= 11 is 0. The molecular weight excluding hydrogens is 336 g/mol. The molecule has 0 bridgehead atoms. The Bertz CT molecular complexity index is 712. The van der Waals surface area contributed by atoms with Gasteiger partial charge < -0.3 is 9.47 Å². The topological polar surface area (TPSA) is 84.9 Å².